The van der Waals surface area contributed by atoms with Gasteiger partial charge in [-0.05, 0) is 28.8 Å². The first-order chi connectivity index (χ1) is 10.3. The molecule has 0 aliphatic carbocycles. The highest BCUT2D eigenvalue weighted by atomic mass is 79.9. The number of rotatable bonds is 5. The summed E-state index contributed by atoms with van der Waals surface area (Å²) in [7, 11) is -1.72. The van der Waals surface area contributed by atoms with Crippen LogP contribution in [0.15, 0.2) is 24.3 Å². The molecule has 0 aromatic heterocycles. The van der Waals surface area contributed by atoms with Crippen LogP contribution in [0, 0.1) is 11.5 Å². The highest BCUT2D eigenvalue weighted by Crippen LogP contribution is 2.40. The Labute approximate surface area is 145 Å². The molecule has 1 aromatic carbocycles. The summed E-state index contributed by atoms with van der Waals surface area (Å²) in [5.74, 6) is 3.49. The van der Waals surface area contributed by atoms with E-state index in [1.165, 1.54) is 0 Å². The minimum atomic E-state index is -1.72. The van der Waals surface area contributed by atoms with E-state index in [-0.39, 0.29) is 5.78 Å². The third kappa shape index (κ3) is 4.11. The molecular formula is C19H27BrOSi. The predicted molar refractivity (Wildman–Crippen MR) is 102 cm³/mol. The van der Waals surface area contributed by atoms with Gasteiger partial charge in [0.1, 0.15) is 8.07 Å². The molecule has 0 amide bonds. The summed E-state index contributed by atoms with van der Waals surface area (Å²) >= 11 is 3.23. The Hall–Kier alpha value is -0.853. The third-order valence-corrected chi connectivity index (χ3v) is 11.4. The van der Waals surface area contributed by atoms with Crippen LogP contribution in [0.2, 0.25) is 16.6 Å². The van der Waals surface area contributed by atoms with Crippen LogP contribution in [0.25, 0.3) is 0 Å². The van der Waals surface area contributed by atoms with Crippen molar-refractivity contribution in [3.63, 3.8) is 0 Å². The second-order valence-electron chi connectivity index (χ2n) is 6.78. The summed E-state index contributed by atoms with van der Waals surface area (Å²) in [6.45, 7) is 13.9. The van der Waals surface area contributed by atoms with Crippen molar-refractivity contribution >= 4 is 29.8 Å². The van der Waals surface area contributed by atoms with Gasteiger partial charge in [-0.15, -0.1) is 5.54 Å². The second-order valence-corrected chi connectivity index (χ2v) is 12.9. The van der Waals surface area contributed by atoms with Crippen LogP contribution < -0.4 is 0 Å². The first-order valence-corrected chi connectivity index (χ1v) is 11.3. The fourth-order valence-corrected chi connectivity index (χ4v) is 9.01. The standard InChI is InChI=1S/C19H27BrOSi/c1-14(2)22(15(3)4,16(5)6)11-10-17-8-7-9-18(12-17)19(21)13-20/h7-9,12,14-16H,13H2,1-6H3. The van der Waals surface area contributed by atoms with Crippen LogP contribution in [0.5, 0.6) is 0 Å². The smallest absolute Gasteiger partial charge is 0.173 e. The van der Waals surface area contributed by atoms with Gasteiger partial charge in [-0.2, -0.15) is 0 Å². The maximum atomic E-state index is 11.8. The molecule has 0 saturated carbocycles. The largest absolute Gasteiger partial charge is 0.293 e. The lowest BCUT2D eigenvalue weighted by atomic mass is 10.1. The highest BCUT2D eigenvalue weighted by molar-refractivity contribution is 9.09. The Kier molecular flexibility index (Phi) is 7.09. The third-order valence-electron chi connectivity index (χ3n) is 4.60. The average Bonchev–Trinajstić information content (AvgIpc) is 2.46. The summed E-state index contributed by atoms with van der Waals surface area (Å²) in [6, 6.07) is 7.69. The van der Waals surface area contributed by atoms with E-state index in [1.54, 1.807) is 0 Å². The average molecular weight is 379 g/mol. The monoisotopic (exact) mass is 378 g/mol. The number of carbonyl (C=O) groups is 1. The van der Waals surface area contributed by atoms with Crippen molar-refractivity contribution < 1.29 is 4.79 Å². The van der Waals surface area contributed by atoms with E-state index < -0.39 is 8.07 Å². The summed E-state index contributed by atoms with van der Waals surface area (Å²) in [5, 5.41) is 0.354. The van der Waals surface area contributed by atoms with Gasteiger partial charge in [-0.25, -0.2) is 0 Å². The quantitative estimate of drug-likeness (QED) is 0.272. The molecule has 0 atom stereocenters. The molecule has 0 radical (unpaired) electrons. The molecule has 0 aliphatic heterocycles. The predicted octanol–water partition coefficient (Wildman–Crippen LogP) is 5.83. The van der Waals surface area contributed by atoms with Gasteiger partial charge in [0, 0.05) is 11.1 Å². The van der Waals surface area contributed by atoms with Crippen molar-refractivity contribution in [3.05, 3.63) is 35.4 Å². The lowest BCUT2D eigenvalue weighted by Crippen LogP contribution is -2.43. The van der Waals surface area contributed by atoms with E-state index in [2.05, 4.69) is 68.9 Å². The number of alkyl halides is 1. The molecule has 0 bridgehead atoms. The lowest BCUT2D eigenvalue weighted by molar-refractivity contribution is 0.102. The molecule has 1 aromatic rings. The molecule has 1 nitrogen and oxygen atoms in total. The number of Topliss-reactive ketones (excluding diaryl/α,β-unsaturated/α-hetero) is 1. The molecule has 120 valence electrons. The van der Waals surface area contributed by atoms with Gasteiger partial charge in [0.2, 0.25) is 0 Å². The number of hydrogen-bond donors (Lipinski definition) is 0. The molecule has 1 rings (SSSR count). The van der Waals surface area contributed by atoms with Crippen molar-refractivity contribution in [2.45, 2.75) is 58.2 Å². The Morgan fingerprint density at radius 3 is 2.09 bits per heavy atom. The summed E-state index contributed by atoms with van der Waals surface area (Å²) in [6.07, 6.45) is 0. The Bertz CT molecular complexity index is 557. The minimum Gasteiger partial charge on any atom is -0.293 e. The number of ketones is 1. The fourth-order valence-electron chi connectivity index (χ4n) is 3.46. The molecule has 0 aliphatic rings. The second kappa shape index (κ2) is 8.13. The van der Waals surface area contributed by atoms with Gasteiger partial charge in [0.25, 0.3) is 0 Å². The zero-order chi connectivity index (χ0) is 16.9. The van der Waals surface area contributed by atoms with E-state index in [9.17, 15) is 4.79 Å². The van der Waals surface area contributed by atoms with E-state index in [0.717, 1.165) is 11.1 Å². The van der Waals surface area contributed by atoms with Gasteiger partial charge in [-0.3, -0.25) is 4.79 Å². The molecule has 0 heterocycles. The Morgan fingerprint density at radius 1 is 1.09 bits per heavy atom. The lowest BCUT2D eigenvalue weighted by Gasteiger charge is -2.38. The van der Waals surface area contributed by atoms with Crippen molar-refractivity contribution in [1.29, 1.82) is 0 Å². The van der Waals surface area contributed by atoms with Gasteiger partial charge in [-0.1, -0.05) is 75.5 Å². The van der Waals surface area contributed by atoms with Crippen molar-refractivity contribution in [1.82, 2.24) is 0 Å². The number of halogens is 1. The van der Waals surface area contributed by atoms with Crippen molar-refractivity contribution in [3.8, 4) is 11.5 Å². The maximum Gasteiger partial charge on any atom is 0.173 e. The fraction of sp³-hybridized carbons (Fsp3) is 0.526. The normalized spacial score (nSPS) is 11.7. The Morgan fingerprint density at radius 2 is 1.64 bits per heavy atom. The minimum absolute atomic E-state index is 0.101. The SMILES string of the molecule is CC(C)[Si](C#Cc1cccc(C(=O)CBr)c1)(C(C)C)C(C)C. The number of carbonyl (C=O) groups excluding carboxylic acids is 1. The van der Waals surface area contributed by atoms with Gasteiger partial charge in [0.05, 0.1) is 5.33 Å². The molecule has 0 unspecified atom stereocenters. The summed E-state index contributed by atoms with van der Waals surface area (Å²) in [5.41, 5.74) is 7.23. The van der Waals surface area contributed by atoms with E-state index in [4.69, 9.17) is 0 Å². The van der Waals surface area contributed by atoms with Crippen LogP contribution in [-0.4, -0.2) is 19.2 Å². The van der Waals surface area contributed by atoms with Crippen LogP contribution in [0.3, 0.4) is 0 Å². The molecule has 0 fully saturated rings. The van der Waals surface area contributed by atoms with Crippen molar-refractivity contribution in [2.24, 2.45) is 0 Å². The number of benzene rings is 1. The first kappa shape index (κ1) is 19.2. The summed E-state index contributed by atoms with van der Waals surface area (Å²) in [4.78, 5) is 11.8. The molecular weight excluding hydrogens is 352 g/mol. The molecule has 22 heavy (non-hydrogen) atoms. The highest BCUT2D eigenvalue weighted by Gasteiger charge is 2.41. The van der Waals surface area contributed by atoms with Gasteiger partial charge < -0.3 is 0 Å². The molecule has 3 heteroatoms. The van der Waals surface area contributed by atoms with Crippen LogP contribution in [0.4, 0.5) is 0 Å². The topological polar surface area (TPSA) is 17.1 Å². The Balaban J connectivity index is 3.27. The van der Waals surface area contributed by atoms with E-state index in [1.807, 2.05) is 24.3 Å². The van der Waals surface area contributed by atoms with E-state index >= 15 is 0 Å². The molecule has 0 saturated heterocycles. The van der Waals surface area contributed by atoms with Crippen LogP contribution in [0.1, 0.15) is 57.5 Å². The van der Waals surface area contributed by atoms with Gasteiger partial charge >= 0.3 is 0 Å². The zero-order valence-electron chi connectivity index (χ0n) is 14.5. The first-order valence-electron chi connectivity index (χ1n) is 7.98. The van der Waals surface area contributed by atoms with Crippen LogP contribution >= 0.6 is 15.9 Å². The maximum absolute atomic E-state index is 11.8. The van der Waals surface area contributed by atoms with Crippen molar-refractivity contribution in [2.75, 3.05) is 5.33 Å². The molecule has 0 spiro atoms. The number of hydrogen-bond acceptors (Lipinski definition) is 1. The molecule has 0 N–H and O–H groups in total. The zero-order valence-corrected chi connectivity index (χ0v) is 17.1. The van der Waals surface area contributed by atoms with Gasteiger partial charge in [0.15, 0.2) is 5.78 Å². The van der Waals surface area contributed by atoms with Crippen LogP contribution in [-0.2, 0) is 0 Å². The summed E-state index contributed by atoms with van der Waals surface area (Å²) < 4.78 is 0. The van der Waals surface area contributed by atoms with E-state index in [0.29, 0.717) is 22.0 Å².